The molecule has 14 heavy (non-hydrogen) atoms. The minimum Gasteiger partial charge on any atom is -0.351 e. The zero-order valence-electron chi connectivity index (χ0n) is 7.04. The average Bonchev–Trinajstić information content (AvgIpc) is 2.01. The van der Waals surface area contributed by atoms with Crippen molar-refractivity contribution < 1.29 is 34.9 Å². The molecule has 0 heterocycles. The van der Waals surface area contributed by atoms with E-state index in [1.165, 1.54) is 0 Å². The predicted octanol–water partition coefficient (Wildman–Crippen LogP) is 1.18. The largest absolute Gasteiger partial charge is 0.523 e. The fraction of sp³-hybridized carbons (Fsp3) is 1.00. The smallest absolute Gasteiger partial charge is 0.351 e. The summed E-state index contributed by atoms with van der Waals surface area (Å²) in [5, 5.41) is 0. The molecular formula is C5H8F4O4S. The molecular weight excluding hydrogens is 232 g/mol. The van der Waals surface area contributed by atoms with Gasteiger partial charge in [0.15, 0.2) is 0 Å². The van der Waals surface area contributed by atoms with Crippen LogP contribution in [0, 0.1) is 0 Å². The molecule has 0 amide bonds. The number of halogens is 4. The van der Waals surface area contributed by atoms with Crippen molar-refractivity contribution in [3.63, 3.8) is 0 Å². The lowest BCUT2D eigenvalue weighted by Crippen LogP contribution is -2.26. The molecule has 0 aliphatic carbocycles. The standard InChI is InChI=1S/C5H8F4O4S/c1-12-4(6)2-3-13-14(10,11)5(7,8)9/h4H,2-3H2,1H3. The zero-order chi connectivity index (χ0) is 11.4. The van der Waals surface area contributed by atoms with Gasteiger partial charge in [0.2, 0.25) is 6.36 Å². The second-order valence-electron chi connectivity index (χ2n) is 2.16. The van der Waals surface area contributed by atoms with Crippen molar-refractivity contribution in [2.24, 2.45) is 0 Å². The highest BCUT2D eigenvalue weighted by atomic mass is 32.2. The summed E-state index contributed by atoms with van der Waals surface area (Å²) in [4.78, 5) is 0. The van der Waals surface area contributed by atoms with E-state index in [1.54, 1.807) is 0 Å². The van der Waals surface area contributed by atoms with Crippen molar-refractivity contribution in [2.75, 3.05) is 13.7 Å². The van der Waals surface area contributed by atoms with Crippen LogP contribution in [0.15, 0.2) is 0 Å². The van der Waals surface area contributed by atoms with Crippen LogP contribution in [0.2, 0.25) is 0 Å². The van der Waals surface area contributed by atoms with E-state index in [-0.39, 0.29) is 0 Å². The quantitative estimate of drug-likeness (QED) is 0.411. The Morgan fingerprint density at radius 1 is 1.36 bits per heavy atom. The summed E-state index contributed by atoms with van der Waals surface area (Å²) in [7, 11) is -4.63. The van der Waals surface area contributed by atoms with Gasteiger partial charge in [0.1, 0.15) is 0 Å². The summed E-state index contributed by atoms with van der Waals surface area (Å²) in [5.41, 5.74) is -5.48. The Morgan fingerprint density at radius 3 is 2.21 bits per heavy atom. The Labute approximate surface area is 77.9 Å². The number of rotatable bonds is 5. The van der Waals surface area contributed by atoms with Gasteiger partial charge in [0, 0.05) is 13.5 Å². The lowest BCUT2D eigenvalue weighted by Gasteiger charge is -2.09. The summed E-state index contributed by atoms with van der Waals surface area (Å²) >= 11 is 0. The molecule has 0 saturated carbocycles. The lowest BCUT2D eigenvalue weighted by atomic mass is 10.5. The highest BCUT2D eigenvalue weighted by Crippen LogP contribution is 2.24. The lowest BCUT2D eigenvalue weighted by molar-refractivity contribution is -0.0577. The van der Waals surface area contributed by atoms with E-state index in [4.69, 9.17) is 0 Å². The van der Waals surface area contributed by atoms with Gasteiger partial charge < -0.3 is 4.74 Å². The molecule has 0 aromatic carbocycles. The van der Waals surface area contributed by atoms with Crippen LogP contribution in [0.5, 0.6) is 0 Å². The van der Waals surface area contributed by atoms with Crippen LogP contribution in [0.25, 0.3) is 0 Å². The molecule has 0 fully saturated rings. The molecule has 0 aromatic rings. The van der Waals surface area contributed by atoms with Crippen LogP contribution in [0.1, 0.15) is 6.42 Å². The summed E-state index contributed by atoms with van der Waals surface area (Å²) in [6.07, 6.45) is -2.44. The highest BCUT2D eigenvalue weighted by Gasteiger charge is 2.47. The van der Waals surface area contributed by atoms with E-state index in [2.05, 4.69) is 8.92 Å². The second kappa shape index (κ2) is 4.89. The molecule has 1 atom stereocenters. The third-order valence-electron chi connectivity index (χ3n) is 1.12. The van der Waals surface area contributed by atoms with Gasteiger partial charge in [-0.05, 0) is 0 Å². The van der Waals surface area contributed by atoms with Crippen molar-refractivity contribution in [1.29, 1.82) is 0 Å². The number of methoxy groups -OCH3 is 1. The molecule has 0 aromatic heterocycles. The molecule has 9 heteroatoms. The molecule has 86 valence electrons. The fourth-order valence-corrected chi connectivity index (χ4v) is 0.884. The van der Waals surface area contributed by atoms with E-state index in [0.717, 1.165) is 7.11 Å². The third kappa shape index (κ3) is 4.20. The Kier molecular flexibility index (Phi) is 4.75. The second-order valence-corrected chi connectivity index (χ2v) is 3.76. The summed E-state index contributed by atoms with van der Waals surface area (Å²) in [6.45, 7) is -0.920. The topological polar surface area (TPSA) is 52.6 Å². The molecule has 0 N–H and O–H groups in total. The van der Waals surface area contributed by atoms with Crippen molar-refractivity contribution in [3.05, 3.63) is 0 Å². The Bertz CT molecular complexity index is 259. The maximum Gasteiger partial charge on any atom is 0.523 e. The zero-order valence-corrected chi connectivity index (χ0v) is 7.86. The summed E-state index contributed by atoms with van der Waals surface area (Å²) in [6, 6.07) is 0. The van der Waals surface area contributed by atoms with E-state index in [9.17, 15) is 26.0 Å². The predicted molar refractivity (Wildman–Crippen MR) is 37.4 cm³/mol. The maximum absolute atomic E-state index is 12.2. The van der Waals surface area contributed by atoms with Crippen molar-refractivity contribution in [1.82, 2.24) is 0 Å². The molecule has 0 radical (unpaired) electrons. The number of alkyl halides is 4. The van der Waals surface area contributed by atoms with Crippen molar-refractivity contribution >= 4 is 10.1 Å². The van der Waals surface area contributed by atoms with Gasteiger partial charge in [0.05, 0.1) is 6.61 Å². The Hall–Kier alpha value is -0.410. The molecule has 4 nitrogen and oxygen atoms in total. The normalized spacial score (nSPS) is 15.5. The van der Waals surface area contributed by atoms with E-state index in [0.29, 0.717) is 0 Å². The first-order valence-corrected chi connectivity index (χ1v) is 4.74. The van der Waals surface area contributed by atoms with Gasteiger partial charge in [-0.25, -0.2) is 4.39 Å². The van der Waals surface area contributed by atoms with Crippen molar-refractivity contribution in [3.8, 4) is 0 Å². The van der Waals surface area contributed by atoms with Crippen LogP contribution in [0.3, 0.4) is 0 Å². The minimum absolute atomic E-state index is 0.591. The number of hydrogen-bond acceptors (Lipinski definition) is 4. The summed E-state index contributed by atoms with van der Waals surface area (Å²) < 4.78 is 75.0. The first-order chi connectivity index (χ1) is 6.20. The molecule has 0 spiro atoms. The molecule has 1 unspecified atom stereocenters. The van der Waals surface area contributed by atoms with Crippen LogP contribution >= 0.6 is 0 Å². The van der Waals surface area contributed by atoms with E-state index >= 15 is 0 Å². The maximum atomic E-state index is 12.2. The number of ether oxygens (including phenoxy) is 1. The van der Waals surface area contributed by atoms with Crippen LogP contribution < -0.4 is 0 Å². The Morgan fingerprint density at radius 2 is 1.86 bits per heavy atom. The Balaban J connectivity index is 4.03. The average molecular weight is 240 g/mol. The van der Waals surface area contributed by atoms with Gasteiger partial charge in [0.25, 0.3) is 0 Å². The van der Waals surface area contributed by atoms with Gasteiger partial charge >= 0.3 is 15.6 Å². The molecule has 0 aliphatic heterocycles. The fourth-order valence-electron chi connectivity index (χ4n) is 0.435. The van der Waals surface area contributed by atoms with Crippen LogP contribution in [0.4, 0.5) is 17.6 Å². The van der Waals surface area contributed by atoms with Gasteiger partial charge in [-0.15, -0.1) is 0 Å². The molecule has 0 aliphatic rings. The molecule has 0 rings (SSSR count). The number of hydrogen-bond donors (Lipinski definition) is 0. The van der Waals surface area contributed by atoms with E-state index in [1.807, 2.05) is 0 Å². The molecule has 0 saturated heterocycles. The monoisotopic (exact) mass is 240 g/mol. The first-order valence-electron chi connectivity index (χ1n) is 3.33. The van der Waals surface area contributed by atoms with Gasteiger partial charge in [-0.1, -0.05) is 0 Å². The third-order valence-corrected chi connectivity index (χ3v) is 2.17. The van der Waals surface area contributed by atoms with E-state index < -0.39 is 35.0 Å². The van der Waals surface area contributed by atoms with Crippen LogP contribution in [-0.2, 0) is 19.0 Å². The van der Waals surface area contributed by atoms with Gasteiger partial charge in [-0.3, -0.25) is 4.18 Å². The van der Waals surface area contributed by atoms with Crippen molar-refractivity contribution in [2.45, 2.75) is 18.3 Å². The highest BCUT2D eigenvalue weighted by molar-refractivity contribution is 7.87. The van der Waals surface area contributed by atoms with Gasteiger partial charge in [-0.2, -0.15) is 21.6 Å². The minimum atomic E-state index is -5.62. The summed E-state index contributed by atoms with van der Waals surface area (Å²) in [5.74, 6) is 0. The SMILES string of the molecule is COC(F)CCOS(=O)(=O)C(F)(F)F. The van der Waals surface area contributed by atoms with Crippen LogP contribution in [-0.4, -0.2) is 34.0 Å². The first kappa shape index (κ1) is 13.6. The molecule has 0 bridgehead atoms.